The average molecular weight is 246 g/mol. The fourth-order valence-electron chi connectivity index (χ4n) is 2.55. The molecular weight excluding hydrogens is 226 g/mol. The van der Waals surface area contributed by atoms with Gasteiger partial charge in [0.15, 0.2) is 0 Å². The third kappa shape index (κ3) is 2.21. The van der Waals surface area contributed by atoms with E-state index in [1.807, 2.05) is 0 Å². The predicted molar refractivity (Wildman–Crippen MR) is 63.7 cm³/mol. The molecule has 0 unspecified atom stereocenters. The number of carbonyl (C=O) groups is 1. The molecule has 2 fully saturated rings. The number of halogens is 1. The number of rotatable bonds is 5. The van der Waals surface area contributed by atoms with Gasteiger partial charge in [0.1, 0.15) is 0 Å². The highest BCUT2D eigenvalue weighted by molar-refractivity contribution is 6.18. The first-order valence-electron chi connectivity index (χ1n) is 6.06. The number of carbonyl (C=O) groups excluding carboxylic acids is 1. The fraction of sp³-hybridized carbons (Fsp3) is 0.917. The molecule has 0 aromatic rings. The molecule has 0 radical (unpaired) electrons. The van der Waals surface area contributed by atoms with E-state index in [1.54, 1.807) is 7.11 Å². The summed E-state index contributed by atoms with van der Waals surface area (Å²) in [5.41, 5.74) is -0.293. The van der Waals surface area contributed by atoms with E-state index in [2.05, 4.69) is 5.32 Å². The summed E-state index contributed by atoms with van der Waals surface area (Å²) < 4.78 is 5.45. The van der Waals surface area contributed by atoms with Gasteiger partial charge in [-0.05, 0) is 38.5 Å². The van der Waals surface area contributed by atoms with Crippen molar-refractivity contribution in [2.24, 2.45) is 0 Å². The van der Waals surface area contributed by atoms with Crippen molar-refractivity contribution >= 4 is 17.5 Å². The van der Waals surface area contributed by atoms with Gasteiger partial charge in [-0.1, -0.05) is 0 Å². The first kappa shape index (κ1) is 12.2. The quantitative estimate of drug-likeness (QED) is 0.755. The van der Waals surface area contributed by atoms with Crippen molar-refractivity contribution in [1.29, 1.82) is 0 Å². The van der Waals surface area contributed by atoms with Crippen LogP contribution in [-0.2, 0) is 9.53 Å². The Labute approximate surface area is 102 Å². The second-order valence-electron chi connectivity index (χ2n) is 5.23. The molecule has 0 aliphatic heterocycles. The summed E-state index contributed by atoms with van der Waals surface area (Å²) in [6.07, 6.45) is 6.87. The number of methoxy groups -OCH3 is 1. The van der Waals surface area contributed by atoms with Crippen LogP contribution >= 0.6 is 11.6 Å². The van der Waals surface area contributed by atoms with E-state index in [0.717, 1.165) is 25.7 Å². The van der Waals surface area contributed by atoms with Crippen LogP contribution < -0.4 is 5.32 Å². The smallest absolute Gasteiger partial charge is 0.223 e. The molecular formula is C12H20ClNO2. The monoisotopic (exact) mass is 245 g/mol. The van der Waals surface area contributed by atoms with Gasteiger partial charge in [-0.15, -0.1) is 11.6 Å². The van der Waals surface area contributed by atoms with Gasteiger partial charge in [-0.3, -0.25) is 4.79 Å². The van der Waals surface area contributed by atoms with Gasteiger partial charge in [0.25, 0.3) is 0 Å². The van der Waals surface area contributed by atoms with Crippen LogP contribution in [0.1, 0.15) is 44.9 Å². The lowest BCUT2D eigenvalue weighted by Gasteiger charge is -2.44. The molecule has 0 aromatic carbocycles. The predicted octanol–water partition coefficient (Wildman–Crippen LogP) is 2.22. The van der Waals surface area contributed by atoms with Crippen molar-refractivity contribution in [3.05, 3.63) is 0 Å². The second-order valence-corrected chi connectivity index (χ2v) is 5.50. The Morgan fingerprint density at radius 2 is 1.94 bits per heavy atom. The molecule has 0 aromatic heterocycles. The number of hydrogen-bond acceptors (Lipinski definition) is 2. The minimum atomic E-state index is -0.179. The Balaban J connectivity index is 1.84. The lowest BCUT2D eigenvalue weighted by atomic mass is 9.75. The summed E-state index contributed by atoms with van der Waals surface area (Å²) in [6, 6.07) is 0. The Bertz CT molecular complexity index is 235. The Kier molecular flexibility index (Phi) is 3.45. The molecule has 2 aliphatic carbocycles. The van der Waals surface area contributed by atoms with Gasteiger partial charge in [0.05, 0.1) is 17.6 Å². The molecule has 1 N–H and O–H groups in total. The number of alkyl halides is 1. The summed E-state index contributed by atoms with van der Waals surface area (Å²) in [7, 11) is 1.70. The van der Waals surface area contributed by atoms with Crippen molar-refractivity contribution in [2.45, 2.75) is 56.1 Å². The minimum Gasteiger partial charge on any atom is -0.378 e. The molecule has 2 saturated carbocycles. The summed E-state index contributed by atoms with van der Waals surface area (Å²) >= 11 is 5.91. The van der Waals surface area contributed by atoms with E-state index < -0.39 is 0 Å². The molecule has 1 amide bonds. The van der Waals surface area contributed by atoms with E-state index in [4.69, 9.17) is 16.3 Å². The van der Waals surface area contributed by atoms with Crippen LogP contribution in [0.4, 0.5) is 0 Å². The maximum absolute atomic E-state index is 11.9. The Morgan fingerprint density at radius 1 is 1.31 bits per heavy atom. The zero-order chi connectivity index (χ0) is 11.6. The van der Waals surface area contributed by atoms with Crippen LogP contribution in [0.2, 0.25) is 0 Å². The van der Waals surface area contributed by atoms with Crippen molar-refractivity contribution in [3.63, 3.8) is 0 Å². The highest BCUT2D eigenvalue weighted by Gasteiger charge is 2.42. The topological polar surface area (TPSA) is 38.3 Å². The van der Waals surface area contributed by atoms with E-state index >= 15 is 0 Å². The van der Waals surface area contributed by atoms with Crippen molar-refractivity contribution < 1.29 is 9.53 Å². The summed E-state index contributed by atoms with van der Waals surface area (Å²) in [5, 5.41) is 3.09. The lowest BCUT2D eigenvalue weighted by molar-refractivity contribution is -0.136. The first-order valence-corrected chi connectivity index (χ1v) is 6.59. The molecule has 0 spiro atoms. The SMILES string of the molecule is COC1(CC(=O)NC2(CCl)CCC2)CCC1. The van der Waals surface area contributed by atoms with Gasteiger partial charge in [-0.2, -0.15) is 0 Å². The zero-order valence-corrected chi connectivity index (χ0v) is 10.6. The highest BCUT2D eigenvalue weighted by Crippen LogP contribution is 2.39. The van der Waals surface area contributed by atoms with E-state index in [-0.39, 0.29) is 17.0 Å². The van der Waals surface area contributed by atoms with E-state index in [9.17, 15) is 4.79 Å². The molecule has 92 valence electrons. The number of hydrogen-bond donors (Lipinski definition) is 1. The van der Waals surface area contributed by atoms with Gasteiger partial charge in [0.2, 0.25) is 5.91 Å². The highest BCUT2D eigenvalue weighted by atomic mass is 35.5. The molecule has 16 heavy (non-hydrogen) atoms. The maximum atomic E-state index is 11.9. The van der Waals surface area contributed by atoms with Crippen LogP contribution in [0.5, 0.6) is 0 Å². The molecule has 2 aliphatic rings. The maximum Gasteiger partial charge on any atom is 0.223 e. The summed E-state index contributed by atoms with van der Waals surface area (Å²) in [4.78, 5) is 11.9. The molecule has 0 bridgehead atoms. The largest absolute Gasteiger partial charge is 0.378 e. The average Bonchev–Trinajstić information content (AvgIpc) is 2.17. The van der Waals surface area contributed by atoms with Crippen molar-refractivity contribution in [3.8, 4) is 0 Å². The lowest BCUT2D eigenvalue weighted by Crippen LogP contribution is -2.56. The van der Waals surface area contributed by atoms with Crippen LogP contribution in [-0.4, -0.2) is 30.0 Å². The molecule has 0 heterocycles. The van der Waals surface area contributed by atoms with Crippen LogP contribution in [0, 0.1) is 0 Å². The minimum absolute atomic E-state index is 0.0990. The fourth-order valence-corrected chi connectivity index (χ4v) is 2.89. The molecule has 3 nitrogen and oxygen atoms in total. The third-order valence-electron chi connectivity index (χ3n) is 4.15. The standard InChI is InChI=1S/C12H20ClNO2/c1-16-12(6-3-7-12)8-10(15)14-11(9-13)4-2-5-11/h2-9H2,1H3,(H,14,15). The summed E-state index contributed by atoms with van der Waals surface area (Å²) in [5.74, 6) is 0.625. The van der Waals surface area contributed by atoms with E-state index in [0.29, 0.717) is 12.3 Å². The number of nitrogens with one attached hydrogen (secondary N) is 1. The van der Waals surface area contributed by atoms with Crippen molar-refractivity contribution in [1.82, 2.24) is 5.32 Å². The van der Waals surface area contributed by atoms with Gasteiger partial charge < -0.3 is 10.1 Å². The third-order valence-corrected chi connectivity index (χ3v) is 4.66. The number of ether oxygens (including phenoxy) is 1. The summed E-state index contributed by atoms with van der Waals surface area (Å²) in [6.45, 7) is 0. The first-order chi connectivity index (χ1) is 7.64. The molecule has 0 atom stereocenters. The van der Waals surface area contributed by atoms with Crippen LogP contribution in [0.25, 0.3) is 0 Å². The zero-order valence-electron chi connectivity index (χ0n) is 9.85. The second kappa shape index (κ2) is 4.53. The van der Waals surface area contributed by atoms with Crippen LogP contribution in [0.15, 0.2) is 0 Å². The van der Waals surface area contributed by atoms with Gasteiger partial charge in [0, 0.05) is 13.0 Å². The van der Waals surface area contributed by atoms with Crippen LogP contribution in [0.3, 0.4) is 0 Å². The van der Waals surface area contributed by atoms with Gasteiger partial charge in [-0.25, -0.2) is 0 Å². The Morgan fingerprint density at radius 3 is 2.25 bits per heavy atom. The normalized spacial score (nSPS) is 25.4. The van der Waals surface area contributed by atoms with Crippen molar-refractivity contribution in [2.75, 3.05) is 13.0 Å². The molecule has 2 rings (SSSR count). The molecule has 0 saturated heterocycles. The van der Waals surface area contributed by atoms with Gasteiger partial charge >= 0.3 is 0 Å². The van der Waals surface area contributed by atoms with E-state index in [1.165, 1.54) is 12.8 Å². The number of amides is 1. The Hall–Kier alpha value is -0.280. The molecule has 4 heteroatoms.